The number of oxime groups is 1. The van der Waals surface area contributed by atoms with Crippen LogP contribution in [0.1, 0.15) is 32.1 Å². The number of hydrogen-bond acceptors (Lipinski definition) is 3. The Bertz CT molecular complexity index is 263. The SMILES string of the molecule is C#CCCCNCC1(CC(N)=NO)CC1. The lowest BCUT2D eigenvalue weighted by atomic mass is 10.0. The zero-order valence-electron chi connectivity index (χ0n) is 9.00. The van der Waals surface area contributed by atoms with E-state index in [1.165, 1.54) is 0 Å². The molecule has 1 aliphatic rings. The molecule has 4 N–H and O–H groups in total. The van der Waals surface area contributed by atoms with Gasteiger partial charge in [-0.3, -0.25) is 0 Å². The van der Waals surface area contributed by atoms with Crippen LogP contribution in [0.5, 0.6) is 0 Å². The molecule has 15 heavy (non-hydrogen) atoms. The molecule has 0 unspecified atom stereocenters. The van der Waals surface area contributed by atoms with Crippen molar-refractivity contribution in [2.24, 2.45) is 16.3 Å². The molecule has 1 fully saturated rings. The minimum Gasteiger partial charge on any atom is -0.409 e. The summed E-state index contributed by atoms with van der Waals surface area (Å²) in [5.41, 5.74) is 5.74. The first-order valence-electron chi connectivity index (χ1n) is 5.33. The number of unbranched alkanes of at least 4 members (excludes halogenated alkanes) is 1. The van der Waals surface area contributed by atoms with Gasteiger partial charge in [-0.05, 0) is 31.2 Å². The summed E-state index contributed by atoms with van der Waals surface area (Å²) in [6.07, 6.45) is 9.99. The van der Waals surface area contributed by atoms with Crippen LogP contribution in [0.15, 0.2) is 5.16 Å². The Balaban J connectivity index is 2.13. The van der Waals surface area contributed by atoms with E-state index in [0.717, 1.165) is 38.8 Å². The van der Waals surface area contributed by atoms with Gasteiger partial charge in [0.05, 0.1) is 0 Å². The van der Waals surface area contributed by atoms with Gasteiger partial charge in [0.25, 0.3) is 0 Å². The fourth-order valence-corrected chi connectivity index (χ4v) is 1.68. The van der Waals surface area contributed by atoms with Gasteiger partial charge < -0.3 is 16.3 Å². The predicted octanol–water partition coefficient (Wildman–Crippen LogP) is 0.906. The third-order valence-electron chi connectivity index (χ3n) is 2.82. The van der Waals surface area contributed by atoms with Crippen molar-refractivity contribution < 1.29 is 5.21 Å². The summed E-state index contributed by atoms with van der Waals surface area (Å²) in [7, 11) is 0. The van der Waals surface area contributed by atoms with Gasteiger partial charge in [0.2, 0.25) is 0 Å². The summed E-state index contributed by atoms with van der Waals surface area (Å²) in [6.45, 7) is 1.88. The number of rotatable bonds is 7. The highest BCUT2D eigenvalue weighted by molar-refractivity contribution is 5.80. The van der Waals surface area contributed by atoms with Crippen LogP contribution in [-0.4, -0.2) is 24.1 Å². The molecule has 4 heteroatoms. The van der Waals surface area contributed by atoms with Crippen molar-refractivity contribution in [3.05, 3.63) is 0 Å². The summed E-state index contributed by atoms with van der Waals surface area (Å²) >= 11 is 0. The molecule has 0 heterocycles. The second-order valence-corrected chi connectivity index (χ2v) is 4.25. The molecule has 0 spiro atoms. The average molecular weight is 209 g/mol. The first-order valence-corrected chi connectivity index (χ1v) is 5.33. The molecular formula is C11H19N3O. The second-order valence-electron chi connectivity index (χ2n) is 4.25. The van der Waals surface area contributed by atoms with Crippen LogP contribution < -0.4 is 11.1 Å². The summed E-state index contributed by atoms with van der Waals surface area (Å²) in [5, 5.41) is 14.9. The Labute approximate surface area is 90.9 Å². The fourth-order valence-electron chi connectivity index (χ4n) is 1.68. The average Bonchev–Trinajstić information content (AvgIpc) is 2.98. The number of nitrogens with zero attached hydrogens (tertiary/aromatic N) is 1. The molecule has 0 aromatic rings. The molecular weight excluding hydrogens is 190 g/mol. The van der Waals surface area contributed by atoms with E-state index in [1.54, 1.807) is 0 Å². The van der Waals surface area contributed by atoms with Crippen LogP contribution in [0.25, 0.3) is 0 Å². The van der Waals surface area contributed by atoms with Gasteiger partial charge in [-0.2, -0.15) is 0 Å². The monoisotopic (exact) mass is 209 g/mol. The Morgan fingerprint density at radius 2 is 2.33 bits per heavy atom. The van der Waals surface area contributed by atoms with Crippen LogP contribution in [0, 0.1) is 17.8 Å². The van der Waals surface area contributed by atoms with E-state index < -0.39 is 0 Å². The fraction of sp³-hybridized carbons (Fsp3) is 0.727. The third kappa shape index (κ3) is 4.22. The maximum Gasteiger partial charge on any atom is 0.139 e. The van der Waals surface area contributed by atoms with Crippen LogP contribution in [0.3, 0.4) is 0 Å². The van der Waals surface area contributed by atoms with Crippen LogP contribution in [0.4, 0.5) is 0 Å². The van der Waals surface area contributed by atoms with E-state index in [2.05, 4.69) is 16.4 Å². The minimum atomic E-state index is 0.243. The molecule has 1 aliphatic carbocycles. The van der Waals surface area contributed by atoms with Crippen LogP contribution in [0.2, 0.25) is 0 Å². The number of amidine groups is 1. The van der Waals surface area contributed by atoms with Gasteiger partial charge in [0.1, 0.15) is 5.84 Å². The molecule has 0 atom stereocenters. The number of terminal acetylenes is 1. The predicted molar refractivity (Wildman–Crippen MR) is 60.6 cm³/mol. The molecule has 0 aromatic carbocycles. The van der Waals surface area contributed by atoms with Crippen molar-refractivity contribution in [1.82, 2.24) is 5.32 Å². The van der Waals surface area contributed by atoms with Crippen molar-refractivity contribution >= 4 is 5.84 Å². The summed E-state index contributed by atoms with van der Waals surface area (Å²) < 4.78 is 0. The molecule has 0 saturated heterocycles. The van der Waals surface area contributed by atoms with Gasteiger partial charge in [-0.25, -0.2) is 0 Å². The van der Waals surface area contributed by atoms with Gasteiger partial charge in [-0.15, -0.1) is 12.3 Å². The lowest BCUT2D eigenvalue weighted by Gasteiger charge is -2.14. The largest absolute Gasteiger partial charge is 0.409 e. The van der Waals surface area contributed by atoms with E-state index in [9.17, 15) is 0 Å². The number of nitrogens with one attached hydrogen (secondary N) is 1. The van der Waals surface area contributed by atoms with Crippen molar-refractivity contribution in [1.29, 1.82) is 0 Å². The highest BCUT2D eigenvalue weighted by Gasteiger charge is 2.42. The van der Waals surface area contributed by atoms with E-state index in [1.807, 2.05) is 0 Å². The second kappa shape index (κ2) is 5.62. The van der Waals surface area contributed by atoms with E-state index >= 15 is 0 Å². The Morgan fingerprint density at radius 3 is 2.87 bits per heavy atom. The van der Waals surface area contributed by atoms with Gasteiger partial charge in [0, 0.05) is 19.4 Å². The maximum atomic E-state index is 8.49. The standard InChI is InChI=1S/C11H19N3O/c1-2-3-4-7-13-9-11(5-6-11)8-10(12)14-15/h1,13,15H,3-9H2,(H2,12,14). The molecule has 4 nitrogen and oxygen atoms in total. The third-order valence-corrected chi connectivity index (χ3v) is 2.82. The molecule has 0 aliphatic heterocycles. The maximum absolute atomic E-state index is 8.49. The molecule has 0 aromatic heterocycles. The lowest BCUT2D eigenvalue weighted by Crippen LogP contribution is -2.29. The summed E-state index contributed by atoms with van der Waals surface area (Å²) in [5.74, 6) is 2.94. The highest BCUT2D eigenvalue weighted by atomic mass is 16.4. The Morgan fingerprint density at radius 1 is 1.60 bits per heavy atom. The van der Waals surface area contributed by atoms with Crippen molar-refractivity contribution in [3.63, 3.8) is 0 Å². The molecule has 84 valence electrons. The quantitative estimate of drug-likeness (QED) is 0.146. The Kier molecular flexibility index (Phi) is 4.44. The molecule has 1 saturated carbocycles. The lowest BCUT2D eigenvalue weighted by molar-refractivity contribution is 0.314. The van der Waals surface area contributed by atoms with Crippen LogP contribution >= 0.6 is 0 Å². The van der Waals surface area contributed by atoms with E-state index in [-0.39, 0.29) is 5.41 Å². The smallest absolute Gasteiger partial charge is 0.139 e. The van der Waals surface area contributed by atoms with Gasteiger partial charge in [-0.1, -0.05) is 5.16 Å². The number of hydrogen-bond donors (Lipinski definition) is 3. The summed E-state index contributed by atoms with van der Waals surface area (Å²) in [6, 6.07) is 0. The van der Waals surface area contributed by atoms with Crippen molar-refractivity contribution in [3.8, 4) is 12.3 Å². The Hall–Kier alpha value is -1.21. The highest BCUT2D eigenvalue weighted by Crippen LogP contribution is 2.48. The van der Waals surface area contributed by atoms with Crippen LogP contribution in [-0.2, 0) is 0 Å². The van der Waals surface area contributed by atoms with E-state index in [4.69, 9.17) is 17.4 Å². The number of nitrogens with two attached hydrogens (primary N) is 1. The summed E-state index contributed by atoms with van der Waals surface area (Å²) in [4.78, 5) is 0. The zero-order chi connectivity index (χ0) is 11.1. The molecule has 0 radical (unpaired) electrons. The van der Waals surface area contributed by atoms with Gasteiger partial charge >= 0.3 is 0 Å². The first-order chi connectivity index (χ1) is 7.22. The first kappa shape index (κ1) is 11.9. The molecule has 0 bridgehead atoms. The topological polar surface area (TPSA) is 70.6 Å². The normalized spacial score (nSPS) is 18.5. The van der Waals surface area contributed by atoms with Crippen molar-refractivity contribution in [2.45, 2.75) is 32.1 Å². The molecule has 1 rings (SSSR count). The van der Waals surface area contributed by atoms with Crippen molar-refractivity contribution in [2.75, 3.05) is 13.1 Å². The minimum absolute atomic E-state index is 0.243. The molecule has 0 amide bonds. The van der Waals surface area contributed by atoms with E-state index in [0.29, 0.717) is 12.3 Å². The zero-order valence-corrected chi connectivity index (χ0v) is 9.00. The van der Waals surface area contributed by atoms with Gasteiger partial charge in [0.15, 0.2) is 0 Å².